The molecule has 1 aromatic carbocycles. The second kappa shape index (κ2) is 9.84. The molecule has 0 amide bonds. The number of rotatable bonds is 9. The molecule has 0 saturated heterocycles. The second-order valence-corrected chi connectivity index (χ2v) is 7.45. The maximum atomic E-state index is 6.13. The zero-order valence-corrected chi connectivity index (χ0v) is 15.7. The standard InChI is InChI=1S/C16H25Cl3N2O/c1-4-21(5-2)12-6-11-20-15(16(17,18)19)13-7-9-14(22-3)10-8-13/h7-10,15,20H,4-6,11-12H2,1-3H3/t15-/m0/s1. The van der Waals surface area contributed by atoms with Crippen LogP contribution in [0.15, 0.2) is 24.3 Å². The van der Waals surface area contributed by atoms with E-state index in [1.54, 1.807) is 7.11 Å². The van der Waals surface area contributed by atoms with Gasteiger partial charge in [0.15, 0.2) is 0 Å². The number of hydrogen-bond acceptors (Lipinski definition) is 3. The normalized spacial score (nSPS) is 13.4. The molecule has 126 valence electrons. The summed E-state index contributed by atoms with van der Waals surface area (Å²) in [5, 5.41) is 3.35. The highest BCUT2D eigenvalue weighted by Crippen LogP contribution is 2.40. The van der Waals surface area contributed by atoms with Crippen LogP contribution in [0.4, 0.5) is 0 Å². The molecule has 0 heterocycles. The van der Waals surface area contributed by atoms with Crippen molar-refractivity contribution >= 4 is 34.8 Å². The fraction of sp³-hybridized carbons (Fsp3) is 0.625. The fourth-order valence-electron chi connectivity index (χ4n) is 2.31. The lowest BCUT2D eigenvalue weighted by molar-refractivity contribution is 0.295. The molecule has 0 aliphatic carbocycles. The van der Waals surface area contributed by atoms with Gasteiger partial charge >= 0.3 is 0 Å². The molecule has 1 rings (SSSR count). The molecule has 0 radical (unpaired) electrons. The maximum Gasteiger partial charge on any atom is 0.209 e. The molecule has 1 aromatic rings. The van der Waals surface area contributed by atoms with Crippen LogP contribution in [0.2, 0.25) is 0 Å². The van der Waals surface area contributed by atoms with E-state index in [1.807, 2.05) is 24.3 Å². The number of benzene rings is 1. The van der Waals surface area contributed by atoms with Gasteiger partial charge in [-0.3, -0.25) is 0 Å². The summed E-state index contributed by atoms with van der Waals surface area (Å²) in [5.41, 5.74) is 0.934. The van der Waals surface area contributed by atoms with E-state index >= 15 is 0 Å². The van der Waals surface area contributed by atoms with Gasteiger partial charge in [-0.2, -0.15) is 0 Å². The number of alkyl halides is 3. The van der Waals surface area contributed by atoms with E-state index in [0.29, 0.717) is 0 Å². The molecule has 0 unspecified atom stereocenters. The Morgan fingerprint density at radius 2 is 1.73 bits per heavy atom. The van der Waals surface area contributed by atoms with Crippen LogP contribution in [-0.4, -0.2) is 42.0 Å². The number of halogens is 3. The fourth-order valence-corrected chi connectivity index (χ4v) is 2.92. The van der Waals surface area contributed by atoms with E-state index in [0.717, 1.165) is 43.9 Å². The van der Waals surface area contributed by atoms with Crippen molar-refractivity contribution in [2.75, 3.05) is 33.3 Å². The lowest BCUT2D eigenvalue weighted by Gasteiger charge is -2.27. The van der Waals surface area contributed by atoms with Gasteiger partial charge in [0.25, 0.3) is 0 Å². The number of hydrogen-bond donors (Lipinski definition) is 1. The Labute approximate surface area is 148 Å². The Hall–Kier alpha value is -0.190. The maximum absolute atomic E-state index is 6.13. The van der Waals surface area contributed by atoms with Crippen LogP contribution < -0.4 is 10.1 Å². The minimum Gasteiger partial charge on any atom is -0.497 e. The molecule has 0 spiro atoms. The Morgan fingerprint density at radius 3 is 2.18 bits per heavy atom. The number of nitrogens with one attached hydrogen (secondary N) is 1. The average molecular weight is 368 g/mol. The molecule has 0 fully saturated rings. The molecular formula is C16H25Cl3N2O. The number of methoxy groups -OCH3 is 1. The topological polar surface area (TPSA) is 24.5 Å². The van der Waals surface area contributed by atoms with Gasteiger partial charge in [-0.15, -0.1) is 0 Å². The van der Waals surface area contributed by atoms with Crippen molar-refractivity contribution in [3.63, 3.8) is 0 Å². The minimum absolute atomic E-state index is 0.347. The van der Waals surface area contributed by atoms with Crippen molar-refractivity contribution in [1.82, 2.24) is 10.2 Å². The van der Waals surface area contributed by atoms with Crippen LogP contribution in [0.25, 0.3) is 0 Å². The van der Waals surface area contributed by atoms with Crippen molar-refractivity contribution in [1.29, 1.82) is 0 Å². The summed E-state index contributed by atoms with van der Waals surface area (Å²) in [6, 6.07) is 7.23. The van der Waals surface area contributed by atoms with Crippen LogP contribution in [0.5, 0.6) is 5.75 Å². The summed E-state index contributed by atoms with van der Waals surface area (Å²) in [7, 11) is 1.63. The second-order valence-electron chi connectivity index (χ2n) is 5.08. The van der Waals surface area contributed by atoms with Gasteiger partial charge in [0.2, 0.25) is 3.79 Å². The molecule has 1 N–H and O–H groups in total. The van der Waals surface area contributed by atoms with E-state index in [-0.39, 0.29) is 6.04 Å². The third-order valence-electron chi connectivity index (χ3n) is 3.67. The predicted molar refractivity (Wildman–Crippen MR) is 96.4 cm³/mol. The smallest absolute Gasteiger partial charge is 0.209 e. The monoisotopic (exact) mass is 366 g/mol. The lowest BCUT2D eigenvalue weighted by atomic mass is 10.1. The summed E-state index contributed by atoms with van der Waals surface area (Å²) in [6.07, 6.45) is 1.01. The largest absolute Gasteiger partial charge is 0.497 e. The van der Waals surface area contributed by atoms with E-state index in [2.05, 4.69) is 24.1 Å². The van der Waals surface area contributed by atoms with Gasteiger partial charge < -0.3 is 15.0 Å². The van der Waals surface area contributed by atoms with Gasteiger partial charge in [-0.1, -0.05) is 60.8 Å². The van der Waals surface area contributed by atoms with Crippen molar-refractivity contribution in [3.05, 3.63) is 29.8 Å². The molecule has 22 heavy (non-hydrogen) atoms. The highest BCUT2D eigenvalue weighted by atomic mass is 35.6. The summed E-state index contributed by atoms with van der Waals surface area (Å²) >= 11 is 18.4. The van der Waals surface area contributed by atoms with Crippen LogP contribution in [-0.2, 0) is 0 Å². The van der Waals surface area contributed by atoms with Crippen molar-refractivity contribution in [2.24, 2.45) is 0 Å². The van der Waals surface area contributed by atoms with E-state index in [4.69, 9.17) is 39.5 Å². The van der Waals surface area contributed by atoms with Gasteiger partial charge in [0.05, 0.1) is 13.2 Å². The molecule has 0 saturated carbocycles. The number of nitrogens with zero attached hydrogens (tertiary/aromatic N) is 1. The Kier molecular flexibility index (Phi) is 8.88. The van der Waals surface area contributed by atoms with Crippen molar-refractivity contribution in [2.45, 2.75) is 30.1 Å². The molecule has 6 heteroatoms. The van der Waals surface area contributed by atoms with Crippen LogP contribution >= 0.6 is 34.8 Å². The predicted octanol–water partition coefficient (Wildman–Crippen LogP) is 4.43. The Morgan fingerprint density at radius 1 is 1.14 bits per heavy atom. The highest BCUT2D eigenvalue weighted by molar-refractivity contribution is 6.68. The quantitative estimate of drug-likeness (QED) is 0.516. The minimum atomic E-state index is -1.40. The first kappa shape index (κ1) is 19.9. The lowest BCUT2D eigenvalue weighted by Crippen LogP contribution is -2.34. The summed E-state index contributed by atoms with van der Waals surface area (Å²) in [4.78, 5) is 2.37. The van der Waals surface area contributed by atoms with Gasteiger partial charge in [-0.05, 0) is 50.3 Å². The third kappa shape index (κ3) is 6.51. The first-order valence-electron chi connectivity index (χ1n) is 7.58. The Bertz CT molecular complexity index is 416. The summed E-state index contributed by atoms with van der Waals surface area (Å²) in [6.45, 7) is 8.28. The van der Waals surface area contributed by atoms with Crippen LogP contribution in [0.3, 0.4) is 0 Å². The van der Waals surface area contributed by atoms with E-state index in [9.17, 15) is 0 Å². The summed E-state index contributed by atoms with van der Waals surface area (Å²) < 4.78 is 3.76. The van der Waals surface area contributed by atoms with E-state index < -0.39 is 3.79 Å². The van der Waals surface area contributed by atoms with Crippen molar-refractivity contribution in [3.8, 4) is 5.75 Å². The average Bonchev–Trinajstić information content (AvgIpc) is 2.50. The Balaban J connectivity index is 2.62. The molecular weight excluding hydrogens is 343 g/mol. The van der Waals surface area contributed by atoms with Gasteiger partial charge in [-0.25, -0.2) is 0 Å². The molecule has 1 atom stereocenters. The van der Waals surface area contributed by atoms with Crippen LogP contribution in [0.1, 0.15) is 31.9 Å². The van der Waals surface area contributed by atoms with Gasteiger partial charge in [0.1, 0.15) is 5.75 Å². The number of ether oxygens (including phenoxy) is 1. The summed E-state index contributed by atoms with van der Waals surface area (Å²) in [5.74, 6) is 0.786. The molecule has 0 bridgehead atoms. The SMILES string of the molecule is CCN(CC)CCCN[C@@H](c1ccc(OC)cc1)C(Cl)(Cl)Cl. The van der Waals surface area contributed by atoms with Crippen molar-refractivity contribution < 1.29 is 4.74 Å². The zero-order valence-electron chi connectivity index (χ0n) is 13.4. The van der Waals surface area contributed by atoms with Crippen LogP contribution in [0, 0.1) is 0 Å². The van der Waals surface area contributed by atoms with E-state index in [1.165, 1.54) is 0 Å². The first-order valence-corrected chi connectivity index (χ1v) is 8.72. The molecule has 3 nitrogen and oxygen atoms in total. The molecule has 0 aromatic heterocycles. The molecule has 0 aliphatic heterocycles. The zero-order chi connectivity index (χ0) is 16.6. The van der Waals surface area contributed by atoms with Gasteiger partial charge in [0, 0.05) is 0 Å². The highest BCUT2D eigenvalue weighted by Gasteiger charge is 2.33. The first-order chi connectivity index (χ1) is 10.4. The molecule has 0 aliphatic rings. The third-order valence-corrected chi connectivity index (χ3v) is 4.33.